The fourth-order valence-electron chi connectivity index (χ4n) is 2.40. The highest BCUT2D eigenvalue weighted by Crippen LogP contribution is 2.35. The van der Waals surface area contributed by atoms with Gasteiger partial charge in [0.2, 0.25) is 11.9 Å². The molecule has 1 aliphatic rings. The van der Waals surface area contributed by atoms with Gasteiger partial charge in [-0.1, -0.05) is 18.2 Å². The van der Waals surface area contributed by atoms with Gasteiger partial charge in [-0.15, -0.1) is 11.3 Å². The van der Waals surface area contributed by atoms with E-state index in [-0.39, 0.29) is 18.0 Å². The summed E-state index contributed by atoms with van der Waals surface area (Å²) in [6.45, 7) is 0. The number of carbonyl (C=O) groups is 1. The summed E-state index contributed by atoms with van der Waals surface area (Å²) < 4.78 is 38.2. The minimum Gasteiger partial charge on any atom is -0.301 e. The summed E-state index contributed by atoms with van der Waals surface area (Å²) in [5.41, 5.74) is -0.241. The summed E-state index contributed by atoms with van der Waals surface area (Å²) in [5.74, 6) is -1.10. The second-order valence-corrected chi connectivity index (χ2v) is 6.81. The molecule has 1 aromatic heterocycles. The van der Waals surface area contributed by atoms with Crippen molar-refractivity contribution in [3.63, 3.8) is 0 Å². The number of anilines is 1. The fraction of sp³-hybridized carbons (Fsp3) is 0.333. The van der Waals surface area contributed by atoms with Crippen LogP contribution in [0, 0.1) is 16.0 Å². The SMILES string of the molecule is O=C(Nc1ncc(Cc2cccc(C(F)(F)F)c2)s1)[C@@H]1C[C@@H]1[N+](=O)[O-]. The zero-order chi connectivity index (χ0) is 18.2. The summed E-state index contributed by atoms with van der Waals surface area (Å²) in [5, 5.41) is 13.4. The van der Waals surface area contributed by atoms with Gasteiger partial charge in [-0.2, -0.15) is 13.2 Å². The maximum Gasteiger partial charge on any atom is 0.416 e. The number of alkyl halides is 3. The third kappa shape index (κ3) is 4.13. The van der Waals surface area contributed by atoms with Crippen molar-refractivity contribution in [2.75, 3.05) is 5.32 Å². The molecule has 25 heavy (non-hydrogen) atoms. The van der Waals surface area contributed by atoms with E-state index in [0.29, 0.717) is 10.4 Å². The third-order valence-electron chi connectivity index (χ3n) is 3.78. The van der Waals surface area contributed by atoms with Crippen LogP contribution in [0.3, 0.4) is 0 Å². The Labute approximate surface area is 143 Å². The van der Waals surface area contributed by atoms with E-state index in [4.69, 9.17) is 0 Å². The Morgan fingerprint density at radius 1 is 1.44 bits per heavy atom. The number of rotatable bonds is 5. The number of nitro groups is 1. The maximum atomic E-state index is 12.7. The summed E-state index contributed by atoms with van der Waals surface area (Å²) in [6.07, 6.45) is -2.47. The van der Waals surface area contributed by atoms with Crippen LogP contribution in [0.2, 0.25) is 0 Å². The molecular formula is C15H12F3N3O3S. The minimum atomic E-state index is -4.40. The fourth-order valence-corrected chi connectivity index (χ4v) is 3.25. The number of hydrogen-bond donors (Lipinski definition) is 1. The number of nitrogens with one attached hydrogen (secondary N) is 1. The quantitative estimate of drug-likeness (QED) is 0.645. The lowest BCUT2D eigenvalue weighted by atomic mass is 10.1. The van der Waals surface area contributed by atoms with Gasteiger partial charge in [0.05, 0.1) is 5.56 Å². The number of halogens is 3. The van der Waals surface area contributed by atoms with Crippen molar-refractivity contribution in [3.8, 4) is 0 Å². The summed E-state index contributed by atoms with van der Waals surface area (Å²) in [7, 11) is 0. The standard InChI is InChI=1S/C15H12F3N3O3S/c16-15(17,18)9-3-1-2-8(4-9)5-10-7-19-14(25-10)20-13(22)11-6-12(11)21(23)24/h1-4,7,11-12H,5-6H2,(H,19,20,22)/t11-,12+/m1/s1. The molecule has 1 aliphatic carbocycles. The molecule has 0 aliphatic heterocycles. The lowest BCUT2D eigenvalue weighted by Crippen LogP contribution is -2.18. The van der Waals surface area contributed by atoms with Gasteiger partial charge >= 0.3 is 6.18 Å². The number of thiazole rings is 1. The van der Waals surface area contributed by atoms with Crippen LogP contribution in [-0.4, -0.2) is 21.9 Å². The predicted molar refractivity (Wildman–Crippen MR) is 83.9 cm³/mol. The number of nitrogens with zero attached hydrogens (tertiary/aromatic N) is 2. The van der Waals surface area contributed by atoms with Gasteiger partial charge < -0.3 is 5.32 Å². The van der Waals surface area contributed by atoms with Crippen LogP contribution in [0.15, 0.2) is 30.5 Å². The Bertz CT molecular complexity index is 822. The molecule has 0 spiro atoms. The van der Waals surface area contributed by atoms with Gasteiger partial charge in [0, 0.05) is 28.8 Å². The third-order valence-corrected chi connectivity index (χ3v) is 4.69. The monoisotopic (exact) mass is 371 g/mol. The largest absolute Gasteiger partial charge is 0.416 e. The number of amides is 1. The van der Waals surface area contributed by atoms with Crippen molar-refractivity contribution in [1.29, 1.82) is 0 Å². The average molecular weight is 371 g/mol. The first-order valence-corrected chi connectivity index (χ1v) is 8.11. The van der Waals surface area contributed by atoms with Crippen molar-refractivity contribution in [1.82, 2.24) is 4.98 Å². The highest BCUT2D eigenvalue weighted by atomic mass is 32.1. The normalized spacial score (nSPS) is 19.5. The Morgan fingerprint density at radius 2 is 2.20 bits per heavy atom. The molecule has 1 heterocycles. The van der Waals surface area contributed by atoms with Crippen molar-refractivity contribution < 1.29 is 22.9 Å². The molecular weight excluding hydrogens is 359 g/mol. The minimum absolute atomic E-state index is 0.210. The van der Waals surface area contributed by atoms with Crippen LogP contribution >= 0.6 is 11.3 Å². The summed E-state index contributed by atoms with van der Waals surface area (Å²) in [6, 6.07) is 4.16. The molecule has 0 bridgehead atoms. The Hall–Kier alpha value is -2.49. The molecule has 2 atom stereocenters. The van der Waals surface area contributed by atoms with E-state index < -0.39 is 34.5 Å². The Morgan fingerprint density at radius 3 is 2.84 bits per heavy atom. The molecule has 3 rings (SSSR count). The molecule has 10 heteroatoms. The van der Waals surface area contributed by atoms with Crippen molar-refractivity contribution in [2.24, 2.45) is 5.92 Å². The Kier molecular flexibility index (Phi) is 4.46. The van der Waals surface area contributed by atoms with E-state index in [0.717, 1.165) is 23.5 Å². The highest BCUT2D eigenvalue weighted by Gasteiger charge is 2.53. The van der Waals surface area contributed by atoms with E-state index >= 15 is 0 Å². The molecule has 132 valence electrons. The molecule has 1 N–H and O–H groups in total. The first-order valence-electron chi connectivity index (χ1n) is 7.29. The first kappa shape index (κ1) is 17.3. The molecule has 1 aromatic carbocycles. The van der Waals surface area contributed by atoms with Crippen molar-refractivity contribution in [2.45, 2.75) is 25.1 Å². The van der Waals surface area contributed by atoms with Gasteiger partial charge in [0.25, 0.3) is 0 Å². The van der Waals surface area contributed by atoms with Gasteiger partial charge in [0.1, 0.15) is 5.92 Å². The first-order chi connectivity index (χ1) is 11.7. The second kappa shape index (κ2) is 6.43. The molecule has 0 radical (unpaired) electrons. The van der Waals surface area contributed by atoms with Crippen LogP contribution in [0.4, 0.5) is 18.3 Å². The molecule has 6 nitrogen and oxygen atoms in total. The van der Waals surface area contributed by atoms with Crippen LogP contribution in [-0.2, 0) is 17.4 Å². The van der Waals surface area contributed by atoms with Crippen molar-refractivity contribution in [3.05, 3.63) is 56.6 Å². The second-order valence-electron chi connectivity index (χ2n) is 5.69. The van der Waals surface area contributed by atoms with Crippen LogP contribution < -0.4 is 5.32 Å². The number of aromatic nitrogens is 1. The van der Waals surface area contributed by atoms with E-state index in [1.165, 1.54) is 12.3 Å². The lowest BCUT2D eigenvalue weighted by molar-refractivity contribution is -0.497. The van der Waals surface area contributed by atoms with Gasteiger partial charge in [0.15, 0.2) is 5.13 Å². The molecule has 0 unspecified atom stereocenters. The van der Waals surface area contributed by atoms with Crippen LogP contribution in [0.1, 0.15) is 22.4 Å². The lowest BCUT2D eigenvalue weighted by Gasteiger charge is -2.07. The van der Waals surface area contributed by atoms with Crippen LogP contribution in [0.5, 0.6) is 0 Å². The van der Waals surface area contributed by atoms with Crippen molar-refractivity contribution >= 4 is 22.4 Å². The topological polar surface area (TPSA) is 85.1 Å². The van der Waals surface area contributed by atoms with E-state index in [1.807, 2.05) is 0 Å². The van der Waals surface area contributed by atoms with Gasteiger partial charge in [-0.25, -0.2) is 4.98 Å². The number of carbonyl (C=O) groups excluding carboxylic acids is 1. The predicted octanol–water partition coefficient (Wildman–Crippen LogP) is 3.36. The van der Waals surface area contributed by atoms with E-state index in [2.05, 4.69) is 10.3 Å². The van der Waals surface area contributed by atoms with E-state index in [9.17, 15) is 28.1 Å². The highest BCUT2D eigenvalue weighted by molar-refractivity contribution is 7.15. The molecule has 0 saturated heterocycles. The van der Waals surface area contributed by atoms with Gasteiger partial charge in [-0.3, -0.25) is 14.9 Å². The average Bonchev–Trinajstić information content (AvgIpc) is 3.23. The smallest absolute Gasteiger partial charge is 0.301 e. The summed E-state index contributed by atoms with van der Waals surface area (Å²) in [4.78, 5) is 26.6. The maximum absolute atomic E-state index is 12.7. The molecule has 1 saturated carbocycles. The molecule has 2 aromatic rings. The zero-order valence-corrected chi connectivity index (χ0v) is 13.4. The van der Waals surface area contributed by atoms with Crippen LogP contribution in [0.25, 0.3) is 0 Å². The number of benzene rings is 1. The summed E-state index contributed by atoms with van der Waals surface area (Å²) >= 11 is 1.13. The zero-order valence-electron chi connectivity index (χ0n) is 12.6. The Balaban J connectivity index is 1.63. The van der Waals surface area contributed by atoms with Gasteiger partial charge in [-0.05, 0) is 11.6 Å². The number of hydrogen-bond acceptors (Lipinski definition) is 5. The van der Waals surface area contributed by atoms with E-state index in [1.54, 1.807) is 6.07 Å². The molecule has 1 fully saturated rings. The molecule has 1 amide bonds.